The van der Waals surface area contributed by atoms with Gasteiger partial charge in [0.1, 0.15) is 12.0 Å². The van der Waals surface area contributed by atoms with E-state index in [1.807, 2.05) is 37.3 Å². The quantitative estimate of drug-likeness (QED) is 0.692. The van der Waals surface area contributed by atoms with Crippen molar-refractivity contribution in [2.24, 2.45) is 0 Å². The maximum Gasteiger partial charge on any atom is 0.166 e. The molecule has 4 rings (SSSR count). The molecule has 0 amide bonds. The fraction of sp³-hybridized carbons (Fsp3) is 0.480. The number of hydrogen-bond acceptors (Lipinski definition) is 4. The lowest BCUT2D eigenvalue weighted by molar-refractivity contribution is 0.221. The molecule has 0 radical (unpaired) electrons. The lowest BCUT2D eigenvalue weighted by Gasteiger charge is -2.31. The highest BCUT2D eigenvalue weighted by Crippen LogP contribution is 2.48. The fourth-order valence-corrected chi connectivity index (χ4v) is 4.82. The van der Waals surface area contributed by atoms with E-state index in [1.54, 1.807) is 0 Å². The molecule has 0 saturated carbocycles. The maximum atomic E-state index is 10.6. The Kier molecular flexibility index (Phi) is 6.06. The maximum absolute atomic E-state index is 10.6. The Morgan fingerprint density at radius 2 is 1.86 bits per heavy atom. The van der Waals surface area contributed by atoms with Crippen LogP contribution in [0.3, 0.4) is 0 Å². The van der Waals surface area contributed by atoms with Crippen LogP contribution in [-0.2, 0) is 12.0 Å². The third-order valence-electron chi connectivity index (χ3n) is 6.25. The van der Waals surface area contributed by atoms with Crippen LogP contribution in [0.1, 0.15) is 55.7 Å². The summed E-state index contributed by atoms with van der Waals surface area (Å²) in [7, 11) is 0. The van der Waals surface area contributed by atoms with Crippen LogP contribution < -0.4 is 9.47 Å². The zero-order chi connectivity index (χ0) is 20.1. The molecule has 4 nitrogen and oxygen atoms in total. The number of hydrogen-bond donors (Lipinski definition) is 0. The number of likely N-dealkylation sites (tertiary alicyclic amines) is 1. The van der Waals surface area contributed by atoms with E-state index in [4.69, 9.17) is 9.47 Å². The predicted molar refractivity (Wildman–Crippen MR) is 114 cm³/mol. The van der Waals surface area contributed by atoms with Crippen molar-refractivity contribution in [1.82, 2.24) is 4.90 Å². The monoisotopic (exact) mass is 390 g/mol. The van der Waals surface area contributed by atoms with Crippen molar-refractivity contribution in [3.8, 4) is 17.6 Å². The Morgan fingerprint density at radius 3 is 2.66 bits per heavy atom. The van der Waals surface area contributed by atoms with Crippen LogP contribution in [0, 0.1) is 11.3 Å². The lowest BCUT2D eigenvalue weighted by atomic mass is 9.71. The summed E-state index contributed by atoms with van der Waals surface area (Å²) in [6.07, 6.45) is 5.70. The highest BCUT2D eigenvalue weighted by atomic mass is 16.5. The van der Waals surface area contributed by atoms with Gasteiger partial charge in [-0.15, -0.1) is 0 Å². The molecule has 2 aliphatic rings. The normalized spacial score (nSPS) is 21.2. The zero-order valence-electron chi connectivity index (χ0n) is 17.3. The first-order valence-corrected chi connectivity index (χ1v) is 10.9. The van der Waals surface area contributed by atoms with Crippen LogP contribution in [0.2, 0.25) is 0 Å². The molecule has 2 aliphatic heterocycles. The Bertz CT molecular complexity index is 883. The van der Waals surface area contributed by atoms with Crippen LogP contribution in [0.4, 0.5) is 0 Å². The number of benzene rings is 2. The summed E-state index contributed by atoms with van der Waals surface area (Å²) in [5.41, 5.74) is 2.39. The van der Waals surface area contributed by atoms with Crippen molar-refractivity contribution in [3.05, 3.63) is 59.2 Å². The molecule has 4 heteroatoms. The molecule has 1 saturated heterocycles. The van der Waals surface area contributed by atoms with Crippen molar-refractivity contribution in [2.45, 2.75) is 51.0 Å². The molecule has 152 valence electrons. The number of para-hydroxylation sites is 1. The number of rotatable bonds is 6. The first kappa shape index (κ1) is 19.8. The molecule has 2 aromatic rings. The summed E-state index contributed by atoms with van der Waals surface area (Å²) < 4.78 is 12.1. The molecule has 2 heterocycles. The summed E-state index contributed by atoms with van der Waals surface area (Å²) >= 11 is 0. The molecular weight excluding hydrogens is 360 g/mol. The summed E-state index contributed by atoms with van der Waals surface area (Å²) in [5.74, 6) is 1.46. The van der Waals surface area contributed by atoms with Crippen molar-refractivity contribution in [3.63, 3.8) is 0 Å². The number of fused-ring (bicyclic) bond motifs is 2. The van der Waals surface area contributed by atoms with Crippen molar-refractivity contribution < 1.29 is 9.47 Å². The van der Waals surface area contributed by atoms with E-state index in [1.165, 1.54) is 32.4 Å². The van der Waals surface area contributed by atoms with Crippen LogP contribution in [0.5, 0.6) is 11.5 Å². The first-order chi connectivity index (χ1) is 14.3. The third-order valence-corrected chi connectivity index (χ3v) is 6.25. The van der Waals surface area contributed by atoms with Gasteiger partial charge in [-0.3, -0.25) is 0 Å². The van der Waals surface area contributed by atoms with E-state index in [0.717, 1.165) is 47.6 Å². The second-order valence-corrected chi connectivity index (χ2v) is 8.03. The van der Waals surface area contributed by atoms with Crippen LogP contribution in [0.25, 0.3) is 0 Å². The van der Waals surface area contributed by atoms with E-state index < -0.39 is 5.41 Å². The van der Waals surface area contributed by atoms with Gasteiger partial charge in [0.25, 0.3) is 0 Å². The molecular formula is C25H30N2O2. The summed E-state index contributed by atoms with van der Waals surface area (Å²) in [6.45, 7) is 6.42. The second kappa shape index (κ2) is 8.88. The van der Waals surface area contributed by atoms with Gasteiger partial charge in [-0.2, -0.15) is 5.26 Å². The topological polar surface area (TPSA) is 45.5 Å². The van der Waals surface area contributed by atoms with E-state index >= 15 is 0 Å². The van der Waals surface area contributed by atoms with Gasteiger partial charge in [-0.1, -0.05) is 42.8 Å². The van der Waals surface area contributed by atoms with Crippen molar-refractivity contribution in [1.29, 1.82) is 5.26 Å². The summed E-state index contributed by atoms with van der Waals surface area (Å²) in [6, 6.07) is 16.9. The Morgan fingerprint density at radius 1 is 1.07 bits per heavy atom. The fourth-order valence-electron chi connectivity index (χ4n) is 4.82. The molecule has 2 aromatic carbocycles. The van der Waals surface area contributed by atoms with Gasteiger partial charge in [-0.25, -0.2) is 0 Å². The molecule has 0 bridgehead atoms. The first-order valence-electron chi connectivity index (χ1n) is 10.9. The Labute approximate surface area is 174 Å². The minimum Gasteiger partial charge on any atom is -0.490 e. The van der Waals surface area contributed by atoms with Gasteiger partial charge in [-0.05, 0) is 69.4 Å². The van der Waals surface area contributed by atoms with Crippen LogP contribution >= 0.6 is 0 Å². The van der Waals surface area contributed by atoms with Gasteiger partial charge in [0.05, 0.1) is 12.7 Å². The van der Waals surface area contributed by atoms with Gasteiger partial charge in [0, 0.05) is 5.56 Å². The summed E-state index contributed by atoms with van der Waals surface area (Å²) in [4.78, 5) is 2.55. The summed E-state index contributed by atoms with van der Waals surface area (Å²) in [5, 5.41) is 10.6. The second-order valence-electron chi connectivity index (χ2n) is 8.03. The number of nitrogens with zero attached hydrogens (tertiary/aromatic N) is 2. The van der Waals surface area contributed by atoms with Crippen molar-refractivity contribution >= 4 is 0 Å². The van der Waals surface area contributed by atoms with E-state index in [9.17, 15) is 5.26 Å². The minimum absolute atomic E-state index is 0.461. The van der Waals surface area contributed by atoms with E-state index in [0.29, 0.717) is 13.2 Å². The molecule has 1 fully saturated rings. The Hall–Kier alpha value is -2.51. The highest BCUT2D eigenvalue weighted by Gasteiger charge is 2.41. The van der Waals surface area contributed by atoms with Gasteiger partial charge < -0.3 is 14.4 Å². The number of nitriles is 1. The van der Waals surface area contributed by atoms with Crippen molar-refractivity contribution in [2.75, 3.05) is 26.2 Å². The lowest BCUT2D eigenvalue weighted by Crippen LogP contribution is -2.33. The number of ether oxygens (including phenoxy) is 2. The zero-order valence-corrected chi connectivity index (χ0v) is 17.3. The smallest absolute Gasteiger partial charge is 0.166 e. The molecule has 0 N–H and O–H groups in total. The highest BCUT2D eigenvalue weighted by molar-refractivity contribution is 5.60. The third kappa shape index (κ3) is 3.84. The average Bonchev–Trinajstić information content (AvgIpc) is 2.91. The van der Waals surface area contributed by atoms with Crippen LogP contribution in [-0.4, -0.2) is 31.1 Å². The molecule has 0 aliphatic carbocycles. The predicted octanol–water partition coefficient (Wildman–Crippen LogP) is 5.05. The molecule has 29 heavy (non-hydrogen) atoms. The molecule has 1 unspecified atom stereocenters. The van der Waals surface area contributed by atoms with E-state index in [-0.39, 0.29) is 0 Å². The number of piperidine rings is 1. The van der Waals surface area contributed by atoms with Gasteiger partial charge in [0.2, 0.25) is 0 Å². The Balaban J connectivity index is 1.72. The van der Waals surface area contributed by atoms with Gasteiger partial charge >= 0.3 is 0 Å². The SMILES string of the molecule is CCOc1cccc2c1OCc1ccccc1C2(C#N)CCCN1CCCCC1. The van der Waals surface area contributed by atoms with Gasteiger partial charge in [0.15, 0.2) is 11.5 Å². The minimum atomic E-state index is -0.717. The average molecular weight is 391 g/mol. The molecule has 1 atom stereocenters. The standard InChI is InChI=1S/C25H30N2O2/c1-2-28-23-13-8-12-22-24(23)29-18-20-10-4-5-11-21(20)25(22,19-26)14-9-17-27-15-6-3-7-16-27/h4-5,8,10-13H,2-3,6-7,9,14-18H2,1H3. The molecule has 0 spiro atoms. The van der Waals surface area contributed by atoms with E-state index in [2.05, 4.69) is 23.1 Å². The van der Waals surface area contributed by atoms with Crippen LogP contribution in [0.15, 0.2) is 42.5 Å². The largest absolute Gasteiger partial charge is 0.490 e. The molecule has 0 aromatic heterocycles.